The molecule has 0 saturated carbocycles. The standard InChI is InChI=1S/C56H43N/c57-55(47-37-45(39-18-5-1-6-19-39)36-46(38-47)40-20-7-2-8-21-40)44-25-16-23-42(35-44)41-22-15-24-43(34-41)50-31-17-32-52-51-30-13-14-33-53(51)56(54(50)52,48-26-9-3-10-27-48)49-28-11-4-12-29-49/h1,3-5,7,9-18,20-38,57H,2,6,8,19H2. The molecule has 1 nitrogen and oxygen atoms in total. The predicted molar refractivity (Wildman–Crippen MR) is 240 cm³/mol. The number of rotatable bonds is 8. The monoisotopic (exact) mass is 729 g/mol. The minimum Gasteiger partial charge on any atom is -0.300 e. The number of nitrogens with one attached hydrogen (secondary N) is 1. The number of hydrogen-bond acceptors (Lipinski definition) is 1. The number of benzene rings is 7. The average Bonchev–Trinajstić information content (AvgIpc) is 3.61. The molecule has 0 bridgehead atoms. The van der Waals surface area contributed by atoms with E-state index in [1.807, 2.05) is 0 Å². The number of hydrogen-bond donors (Lipinski definition) is 1. The van der Waals surface area contributed by atoms with Gasteiger partial charge in [-0.1, -0.05) is 176 Å². The van der Waals surface area contributed by atoms with Crippen molar-refractivity contribution in [3.05, 3.63) is 251 Å². The molecule has 0 heterocycles. The molecule has 272 valence electrons. The molecule has 7 aromatic carbocycles. The molecule has 10 rings (SSSR count). The quantitative estimate of drug-likeness (QED) is 0.151. The van der Waals surface area contributed by atoms with Crippen LogP contribution in [0.1, 0.15) is 70.2 Å². The van der Waals surface area contributed by atoms with E-state index in [1.54, 1.807) is 0 Å². The molecule has 0 aliphatic heterocycles. The van der Waals surface area contributed by atoms with Crippen LogP contribution in [-0.4, -0.2) is 5.71 Å². The van der Waals surface area contributed by atoms with Crippen LogP contribution in [0.25, 0.3) is 44.5 Å². The first-order chi connectivity index (χ1) is 28.2. The molecular weight excluding hydrogens is 687 g/mol. The van der Waals surface area contributed by atoms with Crippen molar-refractivity contribution in [2.75, 3.05) is 0 Å². The van der Waals surface area contributed by atoms with Gasteiger partial charge in [-0.3, -0.25) is 5.41 Å². The second-order valence-corrected chi connectivity index (χ2v) is 15.4. The molecule has 1 N–H and O–H groups in total. The normalized spacial score (nSPS) is 15.0. The maximum absolute atomic E-state index is 9.61. The molecule has 0 radical (unpaired) electrons. The fourth-order valence-electron chi connectivity index (χ4n) is 9.43. The molecule has 0 spiro atoms. The summed E-state index contributed by atoms with van der Waals surface area (Å²) in [5.41, 5.74) is 19.2. The SMILES string of the molecule is N=C(c1cc(C2=CCCC=C2)cc(C2=CC=CCC2)c1)c1cccc(-c2cccc(-c3cccc4c3C(c3ccccc3)(c3ccccc3)c3ccccc3-4)c2)c1. The van der Waals surface area contributed by atoms with E-state index in [0.29, 0.717) is 5.71 Å². The van der Waals surface area contributed by atoms with E-state index >= 15 is 0 Å². The van der Waals surface area contributed by atoms with Crippen LogP contribution >= 0.6 is 0 Å². The molecule has 3 aliphatic carbocycles. The van der Waals surface area contributed by atoms with Crippen LogP contribution in [0.2, 0.25) is 0 Å². The van der Waals surface area contributed by atoms with E-state index in [1.165, 1.54) is 66.8 Å². The minimum atomic E-state index is -0.489. The van der Waals surface area contributed by atoms with E-state index < -0.39 is 5.41 Å². The van der Waals surface area contributed by atoms with Crippen molar-refractivity contribution in [3.8, 4) is 33.4 Å². The van der Waals surface area contributed by atoms with Crippen LogP contribution in [0.3, 0.4) is 0 Å². The maximum Gasteiger partial charge on any atom is 0.0719 e. The van der Waals surface area contributed by atoms with E-state index in [2.05, 4.69) is 206 Å². The lowest BCUT2D eigenvalue weighted by molar-refractivity contribution is 0.770. The molecule has 1 heteroatoms. The highest BCUT2D eigenvalue weighted by atomic mass is 14.5. The van der Waals surface area contributed by atoms with Crippen molar-refractivity contribution >= 4 is 16.9 Å². The average molecular weight is 730 g/mol. The van der Waals surface area contributed by atoms with Crippen molar-refractivity contribution in [1.29, 1.82) is 5.41 Å². The summed E-state index contributed by atoms with van der Waals surface area (Å²) in [6, 6.07) is 62.1. The van der Waals surface area contributed by atoms with Gasteiger partial charge >= 0.3 is 0 Å². The Hall–Kier alpha value is -6.83. The van der Waals surface area contributed by atoms with E-state index in [9.17, 15) is 5.41 Å². The Morgan fingerprint density at radius 2 is 1.11 bits per heavy atom. The smallest absolute Gasteiger partial charge is 0.0719 e. The summed E-state index contributed by atoms with van der Waals surface area (Å²) >= 11 is 0. The molecule has 57 heavy (non-hydrogen) atoms. The van der Waals surface area contributed by atoms with Crippen LogP contribution < -0.4 is 0 Å². The molecule has 0 fully saturated rings. The molecule has 3 aliphatic rings. The first kappa shape index (κ1) is 34.6. The van der Waals surface area contributed by atoms with Crippen molar-refractivity contribution in [2.45, 2.75) is 31.1 Å². The van der Waals surface area contributed by atoms with Gasteiger partial charge in [-0.15, -0.1) is 0 Å². The summed E-state index contributed by atoms with van der Waals surface area (Å²) in [5.74, 6) is 0. The first-order valence-electron chi connectivity index (χ1n) is 20.2. The van der Waals surface area contributed by atoms with Gasteiger partial charge in [0.2, 0.25) is 0 Å². The van der Waals surface area contributed by atoms with Gasteiger partial charge in [-0.25, -0.2) is 0 Å². The lowest BCUT2D eigenvalue weighted by Crippen LogP contribution is -2.29. The van der Waals surface area contributed by atoms with Crippen molar-refractivity contribution in [3.63, 3.8) is 0 Å². The maximum atomic E-state index is 9.61. The molecule has 0 aromatic heterocycles. The van der Waals surface area contributed by atoms with Gasteiger partial charge in [-0.2, -0.15) is 0 Å². The summed E-state index contributed by atoms with van der Waals surface area (Å²) in [4.78, 5) is 0. The van der Waals surface area contributed by atoms with Crippen LogP contribution in [0, 0.1) is 5.41 Å². The molecule has 0 saturated heterocycles. The van der Waals surface area contributed by atoms with E-state index in [0.717, 1.165) is 47.9 Å². The third-order valence-electron chi connectivity index (χ3n) is 12.1. The Kier molecular flexibility index (Phi) is 8.92. The predicted octanol–water partition coefficient (Wildman–Crippen LogP) is 14.3. The van der Waals surface area contributed by atoms with Crippen LogP contribution in [0.5, 0.6) is 0 Å². The van der Waals surface area contributed by atoms with Crippen LogP contribution in [0.4, 0.5) is 0 Å². The van der Waals surface area contributed by atoms with Gasteiger partial charge in [0.05, 0.1) is 11.1 Å². The highest BCUT2D eigenvalue weighted by Crippen LogP contribution is 2.58. The van der Waals surface area contributed by atoms with Gasteiger partial charge in [0.25, 0.3) is 0 Å². The minimum absolute atomic E-state index is 0.489. The molecular formula is C56H43N. The summed E-state index contributed by atoms with van der Waals surface area (Å²) in [6.45, 7) is 0. The third-order valence-corrected chi connectivity index (χ3v) is 12.1. The Bertz CT molecular complexity index is 2750. The lowest BCUT2D eigenvalue weighted by Gasteiger charge is -2.35. The fourth-order valence-corrected chi connectivity index (χ4v) is 9.43. The van der Waals surface area contributed by atoms with Crippen LogP contribution in [0.15, 0.2) is 206 Å². The fraction of sp³-hybridized carbons (Fsp3) is 0.0893. The van der Waals surface area contributed by atoms with Crippen molar-refractivity contribution in [1.82, 2.24) is 0 Å². The molecule has 7 aromatic rings. The Morgan fingerprint density at radius 1 is 0.474 bits per heavy atom. The second-order valence-electron chi connectivity index (χ2n) is 15.4. The second kappa shape index (κ2) is 14.7. The topological polar surface area (TPSA) is 23.9 Å². The summed E-state index contributed by atoms with van der Waals surface area (Å²) in [6.07, 6.45) is 17.7. The highest BCUT2D eigenvalue weighted by molar-refractivity contribution is 6.12. The first-order valence-corrected chi connectivity index (χ1v) is 20.2. The van der Waals surface area contributed by atoms with Crippen molar-refractivity contribution in [2.24, 2.45) is 0 Å². The van der Waals surface area contributed by atoms with Gasteiger partial charge in [0, 0.05) is 11.1 Å². The largest absolute Gasteiger partial charge is 0.300 e. The van der Waals surface area contributed by atoms with Gasteiger partial charge in [0.15, 0.2) is 0 Å². The third kappa shape index (κ3) is 6.08. The van der Waals surface area contributed by atoms with Gasteiger partial charge < -0.3 is 0 Å². The Labute approximate surface area is 336 Å². The van der Waals surface area contributed by atoms with Crippen molar-refractivity contribution < 1.29 is 0 Å². The zero-order valence-electron chi connectivity index (χ0n) is 32.0. The lowest BCUT2D eigenvalue weighted by atomic mass is 9.66. The van der Waals surface area contributed by atoms with E-state index in [-0.39, 0.29) is 0 Å². The summed E-state index contributed by atoms with van der Waals surface area (Å²) in [5, 5.41) is 9.61. The number of allylic oxidation sites excluding steroid dienone is 8. The zero-order chi connectivity index (χ0) is 38.2. The van der Waals surface area contributed by atoms with E-state index in [4.69, 9.17) is 0 Å². The molecule has 0 amide bonds. The Morgan fingerprint density at radius 3 is 1.86 bits per heavy atom. The van der Waals surface area contributed by atoms with Crippen LogP contribution in [-0.2, 0) is 5.41 Å². The summed E-state index contributed by atoms with van der Waals surface area (Å²) < 4.78 is 0. The number of fused-ring (bicyclic) bond motifs is 3. The molecule has 0 unspecified atom stereocenters. The van der Waals surface area contributed by atoms with Gasteiger partial charge in [0.1, 0.15) is 0 Å². The van der Waals surface area contributed by atoms with Gasteiger partial charge in [-0.05, 0) is 134 Å². The highest BCUT2D eigenvalue weighted by Gasteiger charge is 2.47. The molecule has 0 atom stereocenters. The summed E-state index contributed by atoms with van der Waals surface area (Å²) in [7, 11) is 0. The zero-order valence-corrected chi connectivity index (χ0v) is 32.0. The Balaban J connectivity index is 1.08.